The minimum atomic E-state index is -0.336. The number of benzene rings is 1. The van der Waals surface area contributed by atoms with Gasteiger partial charge in [0.25, 0.3) is 0 Å². The van der Waals surface area contributed by atoms with Gasteiger partial charge in [-0.3, -0.25) is 0 Å². The van der Waals surface area contributed by atoms with Crippen LogP contribution in [0.1, 0.15) is 32.9 Å². The zero-order chi connectivity index (χ0) is 14.9. The fourth-order valence-corrected chi connectivity index (χ4v) is 2.51. The predicted molar refractivity (Wildman–Crippen MR) is 77.2 cm³/mol. The van der Waals surface area contributed by atoms with Crippen molar-refractivity contribution in [2.24, 2.45) is 0 Å². The summed E-state index contributed by atoms with van der Waals surface area (Å²) in [6, 6.07) is 7.45. The predicted octanol–water partition coefficient (Wildman–Crippen LogP) is 2.68. The van der Waals surface area contributed by atoms with Gasteiger partial charge in [-0.1, -0.05) is 0 Å². The highest BCUT2D eigenvalue weighted by atomic mass is 16.5. The molecule has 0 fully saturated rings. The van der Waals surface area contributed by atoms with E-state index in [1.165, 1.54) is 7.11 Å². The van der Waals surface area contributed by atoms with Crippen molar-refractivity contribution in [2.45, 2.75) is 27.4 Å². The Kier molecular flexibility index (Phi) is 3.95. The maximum Gasteiger partial charge on any atom is 0.337 e. The second kappa shape index (κ2) is 5.51. The van der Waals surface area contributed by atoms with E-state index in [0.717, 1.165) is 28.2 Å². The molecule has 0 bridgehead atoms. The normalized spacial score (nSPS) is 10.7. The molecule has 0 saturated carbocycles. The molecule has 1 aromatic carbocycles. The Morgan fingerprint density at radius 1 is 1.25 bits per heavy atom. The average molecular weight is 273 g/mol. The molecule has 0 spiro atoms. The molecule has 0 aliphatic heterocycles. The minimum absolute atomic E-state index is 0.0268. The Bertz CT molecular complexity index is 656. The summed E-state index contributed by atoms with van der Waals surface area (Å²) in [5, 5.41) is 9.35. The summed E-state index contributed by atoms with van der Waals surface area (Å²) in [4.78, 5) is 11.5. The van der Waals surface area contributed by atoms with Crippen LogP contribution in [0.15, 0.2) is 24.3 Å². The lowest BCUT2D eigenvalue weighted by Crippen LogP contribution is -2.06. The molecule has 0 saturated heterocycles. The van der Waals surface area contributed by atoms with E-state index in [4.69, 9.17) is 4.74 Å². The molecule has 20 heavy (non-hydrogen) atoms. The van der Waals surface area contributed by atoms with Crippen molar-refractivity contribution >= 4 is 5.97 Å². The summed E-state index contributed by atoms with van der Waals surface area (Å²) in [5.74, 6) is -0.336. The first-order valence-corrected chi connectivity index (χ1v) is 6.47. The van der Waals surface area contributed by atoms with Crippen molar-refractivity contribution in [3.05, 3.63) is 52.3 Å². The molecular weight excluding hydrogens is 254 g/mol. The van der Waals surface area contributed by atoms with Crippen molar-refractivity contribution in [1.29, 1.82) is 0 Å². The van der Waals surface area contributed by atoms with Gasteiger partial charge in [0.1, 0.15) is 0 Å². The molecule has 0 aliphatic rings. The van der Waals surface area contributed by atoms with Gasteiger partial charge >= 0.3 is 5.97 Å². The number of aliphatic hydroxyl groups excluding tert-OH is 1. The fourth-order valence-electron chi connectivity index (χ4n) is 2.51. The number of esters is 1. The third-order valence-electron chi connectivity index (χ3n) is 3.57. The van der Waals surface area contributed by atoms with E-state index in [2.05, 4.69) is 4.57 Å². The highest BCUT2D eigenvalue weighted by molar-refractivity contribution is 5.89. The molecule has 0 radical (unpaired) electrons. The zero-order valence-corrected chi connectivity index (χ0v) is 12.2. The monoisotopic (exact) mass is 273 g/mol. The van der Waals surface area contributed by atoms with E-state index in [1.54, 1.807) is 6.07 Å². The largest absolute Gasteiger partial charge is 0.465 e. The molecule has 1 aromatic heterocycles. The number of aromatic nitrogens is 1. The minimum Gasteiger partial charge on any atom is -0.465 e. The number of ether oxygens (including phenoxy) is 1. The second-order valence-corrected chi connectivity index (χ2v) is 4.88. The Hall–Kier alpha value is -2.07. The number of carbonyl (C=O) groups excluding carboxylic acids is 1. The van der Waals surface area contributed by atoms with Gasteiger partial charge in [-0.15, -0.1) is 0 Å². The van der Waals surface area contributed by atoms with Crippen LogP contribution in [0.25, 0.3) is 5.69 Å². The number of methoxy groups -OCH3 is 1. The Morgan fingerprint density at radius 2 is 1.95 bits per heavy atom. The summed E-state index contributed by atoms with van der Waals surface area (Å²) >= 11 is 0. The van der Waals surface area contributed by atoms with Gasteiger partial charge in [0.15, 0.2) is 0 Å². The Labute approximate surface area is 118 Å². The van der Waals surface area contributed by atoms with E-state index < -0.39 is 0 Å². The second-order valence-electron chi connectivity index (χ2n) is 4.88. The van der Waals surface area contributed by atoms with E-state index in [-0.39, 0.29) is 12.6 Å². The summed E-state index contributed by atoms with van der Waals surface area (Å²) < 4.78 is 6.81. The molecule has 0 atom stereocenters. The highest BCUT2D eigenvalue weighted by Crippen LogP contribution is 2.24. The molecule has 4 heteroatoms. The molecule has 2 aromatic rings. The van der Waals surface area contributed by atoms with Crippen LogP contribution in [0.4, 0.5) is 0 Å². The number of aliphatic hydroxyl groups is 1. The molecule has 4 nitrogen and oxygen atoms in total. The SMILES string of the molecule is COC(=O)c1ccc(-n2c(C)cc(CO)c2C)c(C)c1. The van der Waals surface area contributed by atoms with Crippen molar-refractivity contribution in [1.82, 2.24) is 4.57 Å². The van der Waals surface area contributed by atoms with Crippen LogP contribution < -0.4 is 0 Å². The smallest absolute Gasteiger partial charge is 0.337 e. The van der Waals surface area contributed by atoms with Gasteiger partial charge in [0, 0.05) is 17.1 Å². The van der Waals surface area contributed by atoms with Crippen LogP contribution in [-0.2, 0) is 11.3 Å². The van der Waals surface area contributed by atoms with Crippen LogP contribution in [0.5, 0.6) is 0 Å². The molecule has 106 valence electrons. The van der Waals surface area contributed by atoms with Crippen molar-refractivity contribution in [3.63, 3.8) is 0 Å². The number of rotatable bonds is 3. The molecule has 2 rings (SSSR count). The van der Waals surface area contributed by atoms with Crippen LogP contribution in [0.3, 0.4) is 0 Å². The van der Waals surface area contributed by atoms with Crippen molar-refractivity contribution in [2.75, 3.05) is 7.11 Å². The number of nitrogens with zero attached hydrogens (tertiary/aromatic N) is 1. The lowest BCUT2D eigenvalue weighted by Gasteiger charge is -2.14. The average Bonchev–Trinajstić information content (AvgIpc) is 2.73. The third kappa shape index (κ3) is 2.34. The summed E-state index contributed by atoms with van der Waals surface area (Å²) in [6.07, 6.45) is 0. The summed E-state index contributed by atoms with van der Waals surface area (Å²) in [7, 11) is 1.37. The maximum absolute atomic E-state index is 11.5. The van der Waals surface area contributed by atoms with Crippen LogP contribution in [0.2, 0.25) is 0 Å². The van der Waals surface area contributed by atoms with E-state index in [9.17, 15) is 9.90 Å². The Balaban J connectivity index is 2.54. The van der Waals surface area contributed by atoms with Gasteiger partial charge in [-0.2, -0.15) is 0 Å². The molecule has 0 amide bonds. The van der Waals surface area contributed by atoms with Crippen LogP contribution in [-0.4, -0.2) is 22.8 Å². The highest BCUT2D eigenvalue weighted by Gasteiger charge is 2.13. The standard InChI is InChI=1S/C16H19NO3/c1-10-7-13(16(19)20-4)5-6-15(10)17-11(2)8-14(9-18)12(17)3/h5-8,18H,9H2,1-4H3. The fraction of sp³-hybridized carbons (Fsp3) is 0.312. The number of carbonyl (C=O) groups is 1. The lowest BCUT2D eigenvalue weighted by molar-refractivity contribution is 0.0600. The topological polar surface area (TPSA) is 51.5 Å². The van der Waals surface area contributed by atoms with E-state index in [1.807, 2.05) is 39.0 Å². The Morgan fingerprint density at radius 3 is 2.45 bits per heavy atom. The first kappa shape index (κ1) is 14.3. The van der Waals surface area contributed by atoms with E-state index >= 15 is 0 Å². The summed E-state index contributed by atoms with van der Waals surface area (Å²) in [6.45, 7) is 5.96. The number of hydrogen-bond acceptors (Lipinski definition) is 3. The molecule has 1 N–H and O–H groups in total. The maximum atomic E-state index is 11.5. The van der Waals surface area contributed by atoms with Gasteiger partial charge < -0.3 is 14.4 Å². The number of aryl methyl sites for hydroxylation is 2. The number of hydrogen-bond donors (Lipinski definition) is 1. The molecule has 1 heterocycles. The van der Waals surface area contributed by atoms with Gasteiger partial charge in [-0.25, -0.2) is 4.79 Å². The summed E-state index contributed by atoms with van der Waals surface area (Å²) in [5.41, 5.74) is 5.52. The van der Waals surface area contributed by atoms with Crippen LogP contribution >= 0.6 is 0 Å². The molecule has 0 unspecified atom stereocenters. The van der Waals surface area contributed by atoms with Crippen molar-refractivity contribution in [3.8, 4) is 5.69 Å². The zero-order valence-electron chi connectivity index (χ0n) is 12.2. The quantitative estimate of drug-likeness (QED) is 0.875. The first-order valence-electron chi connectivity index (χ1n) is 6.47. The van der Waals surface area contributed by atoms with E-state index in [0.29, 0.717) is 5.56 Å². The molecule has 0 aliphatic carbocycles. The van der Waals surface area contributed by atoms with Gasteiger partial charge in [0.05, 0.1) is 19.3 Å². The molecular formula is C16H19NO3. The van der Waals surface area contributed by atoms with Crippen LogP contribution in [0, 0.1) is 20.8 Å². The van der Waals surface area contributed by atoms with Gasteiger partial charge in [0.2, 0.25) is 0 Å². The first-order chi connectivity index (χ1) is 9.49. The third-order valence-corrected chi connectivity index (χ3v) is 3.57. The lowest BCUT2D eigenvalue weighted by atomic mass is 10.1. The van der Waals surface area contributed by atoms with Crippen molar-refractivity contribution < 1.29 is 14.6 Å². The van der Waals surface area contributed by atoms with Gasteiger partial charge in [-0.05, 0) is 56.2 Å².